The van der Waals surface area contributed by atoms with Gasteiger partial charge in [-0.2, -0.15) is 0 Å². The van der Waals surface area contributed by atoms with Crippen LogP contribution < -0.4 is 0 Å². The van der Waals surface area contributed by atoms with E-state index in [0.717, 1.165) is 16.7 Å². The first-order chi connectivity index (χ1) is 11.9. The second kappa shape index (κ2) is 6.76. The maximum absolute atomic E-state index is 12.9. The first-order valence-corrected chi connectivity index (χ1v) is 9.70. The summed E-state index contributed by atoms with van der Waals surface area (Å²) in [6, 6.07) is 11.2. The van der Waals surface area contributed by atoms with Gasteiger partial charge in [0.15, 0.2) is 5.82 Å². The van der Waals surface area contributed by atoms with E-state index in [-0.39, 0.29) is 10.9 Å². The molecule has 7 heteroatoms. The summed E-state index contributed by atoms with van der Waals surface area (Å²) in [5, 5.41) is 8.01. The number of hydrogen-bond donors (Lipinski definition) is 0. The van der Waals surface area contributed by atoms with Crippen molar-refractivity contribution in [3.63, 3.8) is 0 Å². The van der Waals surface area contributed by atoms with Gasteiger partial charge in [0.25, 0.3) is 0 Å². The average Bonchev–Trinajstić information content (AvgIpc) is 2.99. The summed E-state index contributed by atoms with van der Waals surface area (Å²) in [7, 11) is -3.62. The molecule has 0 saturated carbocycles. The van der Waals surface area contributed by atoms with E-state index in [2.05, 4.69) is 15.2 Å². The van der Waals surface area contributed by atoms with Crippen LogP contribution in [0.15, 0.2) is 47.8 Å². The first-order valence-electron chi connectivity index (χ1n) is 8.05. The highest BCUT2D eigenvalue weighted by Crippen LogP contribution is 2.22. The maximum Gasteiger partial charge on any atom is 0.250 e. The zero-order valence-corrected chi connectivity index (χ0v) is 15.3. The molecule has 0 unspecified atom stereocenters. The van der Waals surface area contributed by atoms with Crippen molar-refractivity contribution in [2.24, 2.45) is 0 Å². The van der Waals surface area contributed by atoms with Gasteiger partial charge < -0.3 is 0 Å². The van der Waals surface area contributed by atoms with Crippen LogP contribution >= 0.6 is 0 Å². The molecule has 0 aliphatic rings. The Morgan fingerprint density at radius 3 is 2.36 bits per heavy atom. The minimum atomic E-state index is -3.62. The molecular formula is C18H20N4O2S. The Bertz CT molecular complexity index is 975. The van der Waals surface area contributed by atoms with Crippen molar-refractivity contribution in [2.75, 3.05) is 0 Å². The number of aryl methyl sites for hydroxylation is 2. The van der Waals surface area contributed by atoms with E-state index in [1.165, 1.54) is 0 Å². The van der Waals surface area contributed by atoms with Crippen LogP contribution in [-0.2, 0) is 22.1 Å². The molecule has 6 nitrogen and oxygen atoms in total. The fourth-order valence-electron chi connectivity index (χ4n) is 2.92. The van der Waals surface area contributed by atoms with Gasteiger partial charge in [-0.1, -0.05) is 35.4 Å². The average molecular weight is 356 g/mol. The Kier molecular flexibility index (Phi) is 4.67. The third kappa shape index (κ3) is 3.61. The lowest BCUT2D eigenvalue weighted by molar-refractivity contribution is 0.568. The number of sulfone groups is 1. The lowest BCUT2D eigenvalue weighted by Crippen LogP contribution is -2.13. The van der Waals surface area contributed by atoms with E-state index < -0.39 is 9.84 Å². The summed E-state index contributed by atoms with van der Waals surface area (Å²) in [6.45, 7) is 6.22. The van der Waals surface area contributed by atoms with Gasteiger partial charge in [0.05, 0.1) is 5.75 Å². The molecule has 25 heavy (non-hydrogen) atoms. The molecule has 1 aromatic carbocycles. The van der Waals surface area contributed by atoms with Crippen LogP contribution in [-0.4, -0.2) is 28.2 Å². The molecule has 3 aromatic rings. The number of nitrogens with zero attached hydrogens (tertiary/aromatic N) is 4. The molecule has 0 atom stereocenters. The smallest absolute Gasteiger partial charge is 0.250 e. The van der Waals surface area contributed by atoms with Gasteiger partial charge in [-0.25, -0.2) is 8.42 Å². The van der Waals surface area contributed by atoms with E-state index in [1.54, 1.807) is 22.9 Å². The molecule has 2 aromatic heterocycles. The molecule has 0 N–H and O–H groups in total. The lowest BCUT2D eigenvalue weighted by Gasteiger charge is -2.09. The van der Waals surface area contributed by atoms with Crippen molar-refractivity contribution in [2.45, 2.75) is 38.2 Å². The summed E-state index contributed by atoms with van der Waals surface area (Å²) in [5.74, 6) is 0.359. The van der Waals surface area contributed by atoms with Crippen LogP contribution in [0.3, 0.4) is 0 Å². The van der Waals surface area contributed by atoms with Gasteiger partial charge in [-0.15, -0.1) is 10.2 Å². The third-order valence-corrected chi connectivity index (χ3v) is 5.42. The van der Waals surface area contributed by atoms with Crippen molar-refractivity contribution in [3.8, 4) is 11.5 Å². The fraction of sp³-hybridized carbons (Fsp3) is 0.278. The fourth-order valence-corrected chi connectivity index (χ4v) is 4.38. The third-order valence-electron chi connectivity index (χ3n) is 3.84. The quantitative estimate of drug-likeness (QED) is 0.702. The standard InChI is InChI=1S/C18H20N4O2S/c1-4-22-17(16-7-5-6-8-19-16)20-21-18(22)25(23,24)12-15-10-13(2)9-14(3)11-15/h5-11H,4,12H2,1-3H3. The SMILES string of the molecule is CCn1c(-c2ccccn2)nnc1S(=O)(=O)Cc1cc(C)cc(C)c1. The molecular weight excluding hydrogens is 336 g/mol. The minimum Gasteiger partial charge on any atom is -0.297 e. The van der Waals surface area contributed by atoms with E-state index in [4.69, 9.17) is 0 Å². The maximum atomic E-state index is 12.9. The van der Waals surface area contributed by atoms with Crippen LogP contribution in [0.5, 0.6) is 0 Å². The highest BCUT2D eigenvalue weighted by atomic mass is 32.2. The van der Waals surface area contributed by atoms with Crippen molar-refractivity contribution in [1.82, 2.24) is 19.7 Å². The summed E-state index contributed by atoms with van der Waals surface area (Å²) in [5.41, 5.74) is 3.43. The summed E-state index contributed by atoms with van der Waals surface area (Å²) < 4.78 is 27.4. The Hall–Kier alpha value is -2.54. The highest BCUT2D eigenvalue weighted by molar-refractivity contribution is 7.90. The molecule has 0 bridgehead atoms. The van der Waals surface area contributed by atoms with Crippen LogP contribution in [0.4, 0.5) is 0 Å². The topological polar surface area (TPSA) is 77.7 Å². The predicted octanol–water partition coefficient (Wildman–Crippen LogP) is 2.95. The molecule has 0 aliphatic carbocycles. The van der Waals surface area contributed by atoms with Crippen LogP contribution in [0, 0.1) is 13.8 Å². The molecule has 3 rings (SSSR count). The summed E-state index contributed by atoms with van der Waals surface area (Å²) in [4.78, 5) is 4.24. The van der Waals surface area contributed by atoms with Gasteiger partial charge in [0.1, 0.15) is 5.69 Å². The molecule has 2 heterocycles. The van der Waals surface area contributed by atoms with Gasteiger partial charge in [-0.3, -0.25) is 9.55 Å². The number of rotatable bonds is 5. The van der Waals surface area contributed by atoms with Crippen LogP contribution in [0.1, 0.15) is 23.6 Å². The van der Waals surface area contributed by atoms with Crippen molar-refractivity contribution >= 4 is 9.84 Å². The number of hydrogen-bond acceptors (Lipinski definition) is 5. The number of pyridine rings is 1. The highest BCUT2D eigenvalue weighted by Gasteiger charge is 2.25. The monoisotopic (exact) mass is 356 g/mol. The number of aromatic nitrogens is 4. The van der Waals surface area contributed by atoms with Gasteiger partial charge >= 0.3 is 0 Å². The summed E-state index contributed by atoms with van der Waals surface area (Å²) >= 11 is 0. The van der Waals surface area contributed by atoms with Crippen LogP contribution in [0.2, 0.25) is 0 Å². The second-order valence-electron chi connectivity index (χ2n) is 6.02. The Balaban J connectivity index is 2.02. The van der Waals surface area contributed by atoms with Gasteiger partial charge in [-0.05, 0) is 38.5 Å². The van der Waals surface area contributed by atoms with Gasteiger partial charge in [0.2, 0.25) is 15.0 Å². The van der Waals surface area contributed by atoms with E-state index in [9.17, 15) is 8.42 Å². The first kappa shape index (κ1) is 17.3. The Morgan fingerprint density at radius 1 is 1.04 bits per heavy atom. The molecule has 0 fully saturated rings. The Labute approximate surface area is 147 Å². The Morgan fingerprint density at radius 2 is 1.76 bits per heavy atom. The van der Waals surface area contributed by atoms with Crippen molar-refractivity contribution in [1.29, 1.82) is 0 Å². The molecule has 0 amide bonds. The largest absolute Gasteiger partial charge is 0.297 e. The minimum absolute atomic E-state index is 0.0187. The zero-order valence-electron chi connectivity index (χ0n) is 14.5. The lowest BCUT2D eigenvalue weighted by atomic mass is 10.1. The zero-order chi connectivity index (χ0) is 18.0. The van der Waals surface area contributed by atoms with E-state index in [1.807, 2.05) is 45.0 Å². The molecule has 0 aliphatic heterocycles. The van der Waals surface area contributed by atoms with Gasteiger partial charge in [0, 0.05) is 12.7 Å². The predicted molar refractivity (Wildman–Crippen MR) is 95.7 cm³/mol. The van der Waals surface area contributed by atoms with Crippen molar-refractivity contribution in [3.05, 3.63) is 59.3 Å². The number of benzene rings is 1. The summed E-state index contributed by atoms with van der Waals surface area (Å²) in [6.07, 6.45) is 1.65. The van der Waals surface area contributed by atoms with Crippen LogP contribution in [0.25, 0.3) is 11.5 Å². The van der Waals surface area contributed by atoms with E-state index in [0.29, 0.717) is 18.1 Å². The second-order valence-corrected chi connectivity index (χ2v) is 7.90. The van der Waals surface area contributed by atoms with E-state index >= 15 is 0 Å². The molecule has 0 saturated heterocycles. The van der Waals surface area contributed by atoms with Crippen molar-refractivity contribution < 1.29 is 8.42 Å². The molecule has 0 spiro atoms. The molecule has 0 radical (unpaired) electrons. The normalized spacial score (nSPS) is 11.6. The molecule has 130 valence electrons.